The summed E-state index contributed by atoms with van der Waals surface area (Å²) in [5.41, 5.74) is 2.17. The molecule has 2 unspecified atom stereocenters. The van der Waals surface area contributed by atoms with Crippen LogP contribution in [-0.4, -0.2) is 48.1 Å². The second-order valence-corrected chi connectivity index (χ2v) is 8.79. The highest BCUT2D eigenvalue weighted by molar-refractivity contribution is 14.1. The van der Waals surface area contributed by atoms with Crippen molar-refractivity contribution in [3.63, 3.8) is 0 Å². The van der Waals surface area contributed by atoms with Gasteiger partial charge in [-0.1, -0.05) is 13.8 Å². The Morgan fingerprint density at radius 1 is 1.32 bits per heavy atom. The Labute approximate surface area is 179 Å². The number of ether oxygens (including phenoxy) is 2. The summed E-state index contributed by atoms with van der Waals surface area (Å²) in [5, 5.41) is 9.38. The van der Waals surface area contributed by atoms with Crippen LogP contribution < -0.4 is 4.74 Å². The van der Waals surface area contributed by atoms with Crippen molar-refractivity contribution < 1.29 is 24.2 Å². The highest BCUT2D eigenvalue weighted by Gasteiger charge is 2.40. The minimum absolute atomic E-state index is 0.113. The van der Waals surface area contributed by atoms with Gasteiger partial charge in [-0.25, -0.2) is 4.79 Å². The molecule has 0 saturated carbocycles. The van der Waals surface area contributed by atoms with E-state index < -0.39 is 5.97 Å². The molecule has 1 N–H and O–H groups in total. The van der Waals surface area contributed by atoms with Crippen molar-refractivity contribution in [2.24, 2.45) is 5.92 Å². The molecule has 0 fully saturated rings. The molecule has 0 aliphatic carbocycles. The summed E-state index contributed by atoms with van der Waals surface area (Å²) in [6, 6.07) is 4.20. The lowest BCUT2D eigenvalue weighted by molar-refractivity contribution is -0.135. The minimum atomic E-state index is -1.15. The predicted octanol–water partition coefficient (Wildman–Crippen LogP) is 3.57. The first-order valence-electron chi connectivity index (χ1n) is 9.53. The highest BCUT2D eigenvalue weighted by atomic mass is 127. The van der Waals surface area contributed by atoms with Crippen molar-refractivity contribution in [3.8, 4) is 5.75 Å². The van der Waals surface area contributed by atoms with Gasteiger partial charge in [-0.3, -0.25) is 4.79 Å². The lowest BCUT2D eigenvalue weighted by atomic mass is 9.80. The molecule has 0 bridgehead atoms. The number of carbonyl (C=O) groups excluding carboxylic acids is 1. The molecule has 6 nitrogen and oxygen atoms in total. The van der Waals surface area contributed by atoms with Gasteiger partial charge in [0, 0.05) is 38.8 Å². The average Bonchev–Trinajstić information content (AvgIpc) is 2.64. The van der Waals surface area contributed by atoms with Gasteiger partial charge < -0.3 is 19.5 Å². The molecule has 3 rings (SSSR count). The van der Waals surface area contributed by atoms with Crippen LogP contribution in [0.1, 0.15) is 43.9 Å². The van der Waals surface area contributed by atoms with E-state index in [1.54, 1.807) is 13.3 Å². The number of aliphatic carboxylic acids is 1. The van der Waals surface area contributed by atoms with Crippen molar-refractivity contribution in [2.75, 3.05) is 20.3 Å². The average molecular weight is 499 g/mol. The number of methoxy groups -OCH3 is 1. The Balaban J connectivity index is 1.95. The Kier molecular flexibility index (Phi) is 6.65. The molecule has 2 atom stereocenters. The molecular formula is C21H26INO5. The first-order valence-corrected chi connectivity index (χ1v) is 10.6. The molecule has 7 heteroatoms. The first-order chi connectivity index (χ1) is 13.3. The molecule has 0 amide bonds. The quantitative estimate of drug-likeness (QED) is 0.351. The maximum atomic E-state index is 12.4. The van der Waals surface area contributed by atoms with Crippen molar-refractivity contribution in [2.45, 2.75) is 45.2 Å². The van der Waals surface area contributed by atoms with Gasteiger partial charge in [0.05, 0.1) is 16.2 Å². The van der Waals surface area contributed by atoms with E-state index in [9.17, 15) is 14.7 Å². The fourth-order valence-corrected chi connectivity index (χ4v) is 4.63. The number of fused-ring (bicyclic) bond motifs is 3. The third-order valence-corrected chi connectivity index (χ3v) is 6.28. The second kappa shape index (κ2) is 8.82. The molecule has 1 aromatic carbocycles. The van der Waals surface area contributed by atoms with Crippen LogP contribution in [0.3, 0.4) is 0 Å². The fraction of sp³-hybridized carbons (Fsp3) is 0.524. The van der Waals surface area contributed by atoms with Gasteiger partial charge in [-0.2, -0.15) is 0 Å². The number of hydrogen-bond donors (Lipinski definition) is 1. The topological polar surface area (TPSA) is 76.1 Å². The maximum absolute atomic E-state index is 12.4. The summed E-state index contributed by atoms with van der Waals surface area (Å²) in [4.78, 5) is 26.0. The van der Waals surface area contributed by atoms with Crippen LogP contribution >= 0.6 is 22.6 Å². The molecule has 0 radical (unpaired) electrons. The van der Waals surface area contributed by atoms with Crippen molar-refractivity contribution >= 4 is 34.3 Å². The maximum Gasteiger partial charge on any atom is 0.340 e. The number of carboxylic acid groups (broad SMARTS) is 1. The van der Waals surface area contributed by atoms with Gasteiger partial charge in [0.25, 0.3) is 0 Å². The molecule has 0 aromatic heterocycles. The third-order valence-electron chi connectivity index (χ3n) is 5.43. The summed E-state index contributed by atoms with van der Waals surface area (Å²) >= 11 is 2.26. The third kappa shape index (κ3) is 4.20. The molecule has 0 saturated heterocycles. The molecular weight excluding hydrogens is 473 g/mol. The van der Waals surface area contributed by atoms with Crippen LogP contribution in [0, 0.1) is 9.49 Å². The van der Waals surface area contributed by atoms with Gasteiger partial charge >= 0.3 is 5.97 Å². The highest BCUT2D eigenvalue weighted by Crippen LogP contribution is 2.43. The largest absolute Gasteiger partial charge is 0.492 e. The van der Waals surface area contributed by atoms with E-state index in [1.165, 1.54) is 5.56 Å². The van der Waals surface area contributed by atoms with E-state index in [2.05, 4.69) is 53.5 Å². The van der Waals surface area contributed by atoms with Crippen molar-refractivity contribution in [3.05, 3.63) is 38.6 Å². The summed E-state index contributed by atoms with van der Waals surface area (Å²) < 4.78 is 12.0. The van der Waals surface area contributed by atoms with Gasteiger partial charge in [0.2, 0.25) is 0 Å². The van der Waals surface area contributed by atoms with E-state index in [-0.39, 0.29) is 29.9 Å². The Bertz CT molecular complexity index is 804. The Hall–Kier alpha value is -1.61. The number of benzene rings is 1. The molecule has 2 aliphatic rings. The van der Waals surface area contributed by atoms with Crippen LogP contribution in [0.4, 0.5) is 0 Å². The van der Waals surface area contributed by atoms with Crippen LogP contribution in [0.25, 0.3) is 0 Å². The number of ketones is 1. The molecule has 1 aromatic rings. The lowest BCUT2D eigenvalue weighted by Crippen LogP contribution is -2.47. The zero-order chi connectivity index (χ0) is 20.4. The second-order valence-electron chi connectivity index (χ2n) is 7.63. The molecule has 0 spiro atoms. The van der Waals surface area contributed by atoms with E-state index in [0.29, 0.717) is 19.1 Å². The minimum Gasteiger partial charge on any atom is -0.492 e. The monoisotopic (exact) mass is 499 g/mol. The molecule has 28 heavy (non-hydrogen) atoms. The fourth-order valence-electron chi connectivity index (χ4n) is 3.98. The van der Waals surface area contributed by atoms with Crippen LogP contribution in [0.15, 0.2) is 23.9 Å². The number of Topliss-reactive ketones (excluding diaryl/α,β-unsaturated/α-hetero) is 1. The Morgan fingerprint density at radius 3 is 2.71 bits per heavy atom. The normalized spacial score (nSPS) is 21.2. The zero-order valence-electron chi connectivity index (χ0n) is 16.4. The predicted molar refractivity (Wildman–Crippen MR) is 113 cm³/mol. The Morgan fingerprint density at radius 2 is 2.07 bits per heavy atom. The van der Waals surface area contributed by atoms with E-state index in [0.717, 1.165) is 27.7 Å². The van der Waals surface area contributed by atoms with Crippen molar-refractivity contribution in [1.29, 1.82) is 0 Å². The number of hydrogen-bond acceptors (Lipinski definition) is 5. The van der Waals surface area contributed by atoms with E-state index in [1.807, 2.05) is 0 Å². The van der Waals surface area contributed by atoms with Gasteiger partial charge in [-0.15, -0.1) is 0 Å². The van der Waals surface area contributed by atoms with Gasteiger partial charge in [0.15, 0.2) is 5.78 Å². The van der Waals surface area contributed by atoms with E-state index in [4.69, 9.17) is 9.47 Å². The molecule has 152 valence electrons. The standard InChI is InChI=1S/C21H26INO5/c1-12(2)17-7-13-8-20(28-6-4-5-27-3)16(22)9-14(13)18-10-19(24)15(21(25)26)11-23(17)18/h8-9,11-12,17-18H,4-7,10H2,1-3H3,(H,25,26). The van der Waals surface area contributed by atoms with Crippen LogP contribution in [0.5, 0.6) is 5.75 Å². The van der Waals surface area contributed by atoms with Crippen LogP contribution in [-0.2, 0) is 20.7 Å². The first kappa shape index (κ1) is 21.1. The summed E-state index contributed by atoms with van der Waals surface area (Å²) in [7, 11) is 1.68. The zero-order valence-corrected chi connectivity index (χ0v) is 18.6. The molecule has 2 heterocycles. The number of halogens is 1. The van der Waals surface area contributed by atoms with Gasteiger partial charge in [-0.05, 0) is 58.2 Å². The number of carboxylic acids is 1. The number of rotatable bonds is 7. The van der Waals surface area contributed by atoms with Gasteiger partial charge in [0.1, 0.15) is 11.3 Å². The van der Waals surface area contributed by atoms with E-state index >= 15 is 0 Å². The molecule has 2 aliphatic heterocycles. The van der Waals surface area contributed by atoms with Crippen molar-refractivity contribution in [1.82, 2.24) is 4.90 Å². The number of nitrogens with zero attached hydrogens (tertiary/aromatic N) is 1. The summed E-state index contributed by atoms with van der Waals surface area (Å²) in [6.45, 7) is 5.52. The summed E-state index contributed by atoms with van der Waals surface area (Å²) in [5.74, 6) is -0.277. The summed E-state index contributed by atoms with van der Waals surface area (Å²) in [6.07, 6.45) is 3.38. The number of carbonyl (C=O) groups is 2. The smallest absolute Gasteiger partial charge is 0.340 e. The lowest BCUT2D eigenvalue weighted by Gasteiger charge is -2.46. The SMILES string of the molecule is COCCCOc1cc2c(cc1I)C1CC(=O)C(C(=O)O)=CN1C(C(C)C)C2. The van der Waals surface area contributed by atoms with Crippen LogP contribution in [0.2, 0.25) is 0 Å².